The summed E-state index contributed by atoms with van der Waals surface area (Å²) in [5.74, 6) is 0.704. The number of anilines is 1. The summed E-state index contributed by atoms with van der Waals surface area (Å²) in [4.78, 5) is 28.7. The number of fused-ring (bicyclic) bond motifs is 1. The maximum Gasteiger partial charge on any atom is 0.234 e. The van der Waals surface area contributed by atoms with Crippen LogP contribution in [0.3, 0.4) is 0 Å². The van der Waals surface area contributed by atoms with Gasteiger partial charge in [0.05, 0.1) is 12.5 Å². The predicted octanol–water partition coefficient (Wildman–Crippen LogP) is 6.32. The number of amides is 2. The molecule has 2 amide bonds. The molecule has 4 aromatic rings. The molecule has 4 aromatic carbocycles. The molecule has 2 N–H and O–H groups in total. The Bertz CT molecular complexity index is 1680. The van der Waals surface area contributed by atoms with Crippen LogP contribution in [0, 0.1) is 0 Å². The number of rotatable bonds is 7. The van der Waals surface area contributed by atoms with E-state index in [0.29, 0.717) is 25.5 Å². The SMILES string of the molecule is CN(Cc1ccc(C2CCC(=O)NC2=O)cc1)C1CCN(c2ccc(C3c4ccc(O)cc4OCC3c3ccccc3)cc2)CC1. The second-order valence-corrected chi connectivity index (χ2v) is 13.0. The van der Waals surface area contributed by atoms with Gasteiger partial charge in [-0.1, -0.05) is 72.8 Å². The van der Waals surface area contributed by atoms with Crippen molar-refractivity contribution in [3.63, 3.8) is 0 Å². The average molecular weight is 616 g/mol. The highest BCUT2D eigenvalue weighted by molar-refractivity contribution is 6.00. The fraction of sp³-hybridized carbons (Fsp3) is 0.333. The van der Waals surface area contributed by atoms with E-state index < -0.39 is 0 Å². The molecular formula is C39H41N3O4. The molecule has 236 valence electrons. The summed E-state index contributed by atoms with van der Waals surface area (Å²) < 4.78 is 6.15. The summed E-state index contributed by atoms with van der Waals surface area (Å²) in [6.45, 7) is 3.45. The van der Waals surface area contributed by atoms with Gasteiger partial charge in [0, 0.05) is 61.2 Å². The van der Waals surface area contributed by atoms with Gasteiger partial charge < -0.3 is 14.7 Å². The van der Waals surface area contributed by atoms with Crippen LogP contribution in [0.4, 0.5) is 5.69 Å². The lowest BCUT2D eigenvalue weighted by Crippen LogP contribution is -2.43. The second-order valence-electron chi connectivity index (χ2n) is 13.0. The van der Waals surface area contributed by atoms with Gasteiger partial charge in [-0.15, -0.1) is 0 Å². The highest BCUT2D eigenvalue weighted by Crippen LogP contribution is 2.47. The molecule has 2 fully saturated rings. The van der Waals surface area contributed by atoms with Crippen molar-refractivity contribution in [2.75, 3.05) is 31.6 Å². The summed E-state index contributed by atoms with van der Waals surface area (Å²) >= 11 is 0. The minimum atomic E-state index is -0.241. The fourth-order valence-electron chi connectivity index (χ4n) is 7.54. The number of imide groups is 1. The van der Waals surface area contributed by atoms with Crippen LogP contribution in [0.1, 0.15) is 71.3 Å². The van der Waals surface area contributed by atoms with Crippen LogP contribution in [0.2, 0.25) is 0 Å². The third kappa shape index (κ3) is 6.24. The highest BCUT2D eigenvalue weighted by Gasteiger charge is 2.34. The monoisotopic (exact) mass is 615 g/mol. The van der Waals surface area contributed by atoms with Gasteiger partial charge in [-0.25, -0.2) is 0 Å². The first-order chi connectivity index (χ1) is 22.4. The molecule has 0 bridgehead atoms. The largest absolute Gasteiger partial charge is 0.508 e. The molecule has 2 saturated heterocycles. The first-order valence-electron chi connectivity index (χ1n) is 16.4. The Hall–Kier alpha value is -4.62. The Kier molecular flexibility index (Phi) is 8.50. The second kappa shape index (κ2) is 13.0. The van der Waals surface area contributed by atoms with E-state index in [2.05, 4.69) is 82.8 Å². The van der Waals surface area contributed by atoms with E-state index in [4.69, 9.17) is 4.74 Å². The molecule has 46 heavy (non-hydrogen) atoms. The number of carbonyl (C=O) groups is 2. The Morgan fingerprint density at radius 2 is 1.57 bits per heavy atom. The van der Waals surface area contributed by atoms with Crippen LogP contribution in [0.15, 0.2) is 97.1 Å². The number of carbonyl (C=O) groups excluding carboxylic acids is 2. The lowest BCUT2D eigenvalue weighted by atomic mass is 9.76. The van der Waals surface area contributed by atoms with Gasteiger partial charge in [0.25, 0.3) is 0 Å². The molecule has 3 aliphatic rings. The normalized spacial score (nSPS) is 21.9. The van der Waals surface area contributed by atoms with Crippen molar-refractivity contribution in [2.24, 2.45) is 0 Å². The van der Waals surface area contributed by atoms with Crippen LogP contribution in [-0.4, -0.2) is 54.6 Å². The lowest BCUT2D eigenvalue weighted by Gasteiger charge is -2.38. The first kappa shape index (κ1) is 30.1. The molecule has 0 radical (unpaired) electrons. The lowest BCUT2D eigenvalue weighted by molar-refractivity contribution is -0.134. The third-order valence-electron chi connectivity index (χ3n) is 10.1. The summed E-state index contributed by atoms with van der Waals surface area (Å²) in [5, 5.41) is 12.6. The quantitative estimate of drug-likeness (QED) is 0.237. The minimum absolute atomic E-state index is 0.137. The molecule has 3 unspecified atom stereocenters. The van der Waals surface area contributed by atoms with Crippen LogP contribution >= 0.6 is 0 Å². The third-order valence-corrected chi connectivity index (χ3v) is 10.1. The summed E-state index contributed by atoms with van der Waals surface area (Å²) in [5.41, 5.74) is 7.09. The number of nitrogens with zero attached hydrogens (tertiary/aromatic N) is 2. The minimum Gasteiger partial charge on any atom is -0.508 e. The number of benzene rings is 4. The Labute approximate surface area is 270 Å². The Balaban J connectivity index is 0.984. The number of ether oxygens (including phenoxy) is 1. The number of hydrogen-bond donors (Lipinski definition) is 2. The molecule has 0 saturated carbocycles. The topological polar surface area (TPSA) is 82.1 Å². The van der Waals surface area contributed by atoms with Crippen molar-refractivity contribution >= 4 is 17.5 Å². The smallest absolute Gasteiger partial charge is 0.234 e. The number of hydrogen-bond acceptors (Lipinski definition) is 6. The number of phenols is 1. The molecule has 3 atom stereocenters. The van der Waals surface area contributed by atoms with Crippen LogP contribution in [0.5, 0.6) is 11.5 Å². The molecule has 0 aromatic heterocycles. The predicted molar refractivity (Wildman–Crippen MR) is 179 cm³/mol. The van der Waals surface area contributed by atoms with Crippen molar-refractivity contribution in [3.8, 4) is 11.5 Å². The van der Waals surface area contributed by atoms with Crippen molar-refractivity contribution < 1.29 is 19.4 Å². The van der Waals surface area contributed by atoms with Gasteiger partial charge in [-0.05, 0) is 66.8 Å². The molecule has 7 rings (SSSR count). The van der Waals surface area contributed by atoms with E-state index in [9.17, 15) is 14.7 Å². The van der Waals surface area contributed by atoms with Gasteiger partial charge >= 0.3 is 0 Å². The van der Waals surface area contributed by atoms with Crippen LogP contribution in [0.25, 0.3) is 0 Å². The fourth-order valence-corrected chi connectivity index (χ4v) is 7.54. The zero-order chi connectivity index (χ0) is 31.6. The van der Waals surface area contributed by atoms with E-state index in [1.165, 1.54) is 22.4 Å². The zero-order valence-corrected chi connectivity index (χ0v) is 26.3. The molecule has 7 heteroatoms. The van der Waals surface area contributed by atoms with E-state index in [-0.39, 0.29) is 35.3 Å². The van der Waals surface area contributed by atoms with Gasteiger partial charge in [0.2, 0.25) is 11.8 Å². The zero-order valence-electron chi connectivity index (χ0n) is 26.3. The summed E-state index contributed by atoms with van der Waals surface area (Å²) in [7, 11) is 2.21. The summed E-state index contributed by atoms with van der Waals surface area (Å²) in [6.07, 6.45) is 3.17. The van der Waals surface area contributed by atoms with E-state index >= 15 is 0 Å². The van der Waals surface area contributed by atoms with Gasteiger partial charge in [-0.2, -0.15) is 0 Å². The van der Waals surface area contributed by atoms with Gasteiger partial charge in [-0.3, -0.25) is 19.8 Å². The number of piperidine rings is 2. The maximum atomic E-state index is 12.3. The molecule has 7 nitrogen and oxygen atoms in total. The maximum absolute atomic E-state index is 12.3. The van der Waals surface area contributed by atoms with E-state index in [1.807, 2.05) is 24.3 Å². The average Bonchev–Trinajstić information content (AvgIpc) is 3.09. The highest BCUT2D eigenvalue weighted by atomic mass is 16.5. The van der Waals surface area contributed by atoms with Crippen LogP contribution < -0.4 is 15.0 Å². The summed E-state index contributed by atoms with van der Waals surface area (Å²) in [6, 6.07) is 34.0. The number of aromatic hydroxyl groups is 1. The van der Waals surface area contributed by atoms with E-state index in [1.54, 1.807) is 12.1 Å². The molecule has 3 aliphatic heterocycles. The van der Waals surface area contributed by atoms with Crippen LogP contribution in [-0.2, 0) is 16.1 Å². The van der Waals surface area contributed by atoms with Crippen molar-refractivity contribution in [1.29, 1.82) is 0 Å². The van der Waals surface area contributed by atoms with E-state index in [0.717, 1.165) is 49.4 Å². The van der Waals surface area contributed by atoms with Gasteiger partial charge in [0.15, 0.2) is 0 Å². The number of nitrogens with one attached hydrogen (secondary N) is 1. The Morgan fingerprint density at radius 3 is 2.28 bits per heavy atom. The molecule has 0 aliphatic carbocycles. The van der Waals surface area contributed by atoms with Gasteiger partial charge in [0.1, 0.15) is 11.5 Å². The first-order valence-corrected chi connectivity index (χ1v) is 16.4. The number of phenolic OH excluding ortho intramolecular Hbond substituents is 1. The molecule has 0 spiro atoms. The molecular weight excluding hydrogens is 574 g/mol. The van der Waals surface area contributed by atoms with Crippen molar-refractivity contribution in [3.05, 3.63) is 125 Å². The van der Waals surface area contributed by atoms with Crippen molar-refractivity contribution in [2.45, 2.75) is 56.0 Å². The standard InChI is InChI=1S/C39H41N3O4/c1-41(24-26-7-9-28(10-8-26)33-17-18-37(44)40-39(33)45)30-19-21-42(22-20-30)31-13-11-29(12-14-31)38-34-16-15-32(43)23-36(34)46-25-35(38)27-5-3-2-4-6-27/h2-16,23,30,33,35,38,43H,17-22,24-25H2,1H3,(H,40,44,45). The van der Waals surface area contributed by atoms with Crippen molar-refractivity contribution in [1.82, 2.24) is 10.2 Å². The molecule has 3 heterocycles. The Morgan fingerprint density at radius 1 is 0.848 bits per heavy atom.